The number of rotatable bonds is 0. The van der Waals surface area contributed by atoms with Gasteiger partial charge in [-0.3, -0.25) is 0 Å². The van der Waals surface area contributed by atoms with Crippen molar-refractivity contribution in [2.75, 3.05) is 0 Å². The van der Waals surface area contributed by atoms with Gasteiger partial charge in [-0.2, -0.15) is 0 Å². The molecule has 3 rings (SSSR count). The van der Waals surface area contributed by atoms with Crippen molar-refractivity contribution in [1.29, 1.82) is 0 Å². The molecular formula is C15H14O. The van der Waals surface area contributed by atoms with Gasteiger partial charge < -0.3 is 5.11 Å². The summed E-state index contributed by atoms with van der Waals surface area (Å²) in [7, 11) is 0. The maximum atomic E-state index is 10.2. The Balaban J connectivity index is 2.15. The van der Waals surface area contributed by atoms with Crippen LogP contribution >= 0.6 is 0 Å². The van der Waals surface area contributed by atoms with Gasteiger partial charge in [-0.1, -0.05) is 48.5 Å². The molecule has 0 radical (unpaired) electrons. The van der Waals surface area contributed by atoms with E-state index in [1.165, 1.54) is 16.7 Å². The molecule has 16 heavy (non-hydrogen) atoms. The lowest BCUT2D eigenvalue weighted by molar-refractivity contribution is 0.178. The first-order valence-corrected chi connectivity index (χ1v) is 5.67. The highest BCUT2D eigenvalue weighted by atomic mass is 16.3. The first-order chi connectivity index (χ1) is 7.84. The van der Waals surface area contributed by atoms with Gasteiger partial charge in [0.15, 0.2) is 0 Å². The fraction of sp³-hybridized carbons (Fsp3) is 0.200. The lowest BCUT2D eigenvalue weighted by Crippen LogP contribution is -2.01. The summed E-state index contributed by atoms with van der Waals surface area (Å²) in [6, 6.07) is 16.6. The smallest absolute Gasteiger partial charge is 0.0833 e. The molecule has 0 saturated carbocycles. The zero-order valence-corrected chi connectivity index (χ0v) is 9.06. The van der Waals surface area contributed by atoms with E-state index in [4.69, 9.17) is 0 Å². The Morgan fingerprint density at radius 2 is 1.44 bits per heavy atom. The number of fused-ring (bicyclic) bond motifs is 2. The van der Waals surface area contributed by atoms with E-state index in [2.05, 4.69) is 24.3 Å². The largest absolute Gasteiger partial charge is 0.388 e. The highest BCUT2D eigenvalue weighted by Gasteiger charge is 2.18. The average molecular weight is 210 g/mol. The molecule has 2 aromatic rings. The van der Waals surface area contributed by atoms with Crippen LogP contribution in [0.15, 0.2) is 48.5 Å². The van der Waals surface area contributed by atoms with Crippen LogP contribution in [0.4, 0.5) is 0 Å². The number of aliphatic hydroxyl groups is 1. The topological polar surface area (TPSA) is 20.2 Å². The summed E-state index contributed by atoms with van der Waals surface area (Å²) in [4.78, 5) is 0. The zero-order chi connectivity index (χ0) is 11.0. The third-order valence-corrected chi connectivity index (χ3v) is 3.33. The van der Waals surface area contributed by atoms with Crippen molar-refractivity contribution >= 4 is 0 Å². The van der Waals surface area contributed by atoms with Gasteiger partial charge in [0.1, 0.15) is 0 Å². The fourth-order valence-electron chi connectivity index (χ4n) is 2.47. The van der Waals surface area contributed by atoms with Crippen molar-refractivity contribution in [3.05, 3.63) is 70.8 Å². The van der Waals surface area contributed by atoms with Crippen LogP contribution in [0, 0.1) is 0 Å². The minimum Gasteiger partial charge on any atom is -0.388 e. The van der Waals surface area contributed by atoms with Crippen LogP contribution < -0.4 is 0 Å². The predicted molar refractivity (Wildman–Crippen MR) is 64.4 cm³/mol. The maximum Gasteiger partial charge on any atom is 0.0833 e. The van der Waals surface area contributed by atoms with Gasteiger partial charge in [-0.25, -0.2) is 0 Å². The molecule has 1 atom stereocenters. The minimum absolute atomic E-state index is 0.361. The van der Waals surface area contributed by atoms with Gasteiger partial charge in [0.05, 0.1) is 6.10 Å². The summed E-state index contributed by atoms with van der Waals surface area (Å²) in [5, 5.41) is 10.2. The number of aliphatic hydroxyl groups excluding tert-OH is 1. The summed E-state index contributed by atoms with van der Waals surface area (Å²) in [6.07, 6.45) is 1.30. The second-order valence-corrected chi connectivity index (χ2v) is 4.36. The van der Waals surface area contributed by atoms with Crippen LogP contribution in [-0.4, -0.2) is 5.11 Å². The molecule has 0 amide bonds. The summed E-state index contributed by atoms with van der Waals surface area (Å²) in [5.74, 6) is 0. The molecule has 0 spiro atoms. The molecule has 0 heterocycles. The molecule has 1 heteroatoms. The molecule has 80 valence electrons. The Hall–Kier alpha value is -1.60. The van der Waals surface area contributed by atoms with Crippen molar-refractivity contribution in [3.63, 3.8) is 0 Å². The lowest BCUT2D eigenvalue weighted by Gasteiger charge is -2.10. The molecule has 0 unspecified atom stereocenters. The lowest BCUT2D eigenvalue weighted by atomic mass is 10.0. The summed E-state index contributed by atoms with van der Waals surface area (Å²) in [5.41, 5.74) is 4.94. The molecule has 1 aliphatic rings. The summed E-state index contributed by atoms with van der Waals surface area (Å²) in [6.45, 7) is 0. The van der Waals surface area contributed by atoms with E-state index in [1.54, 1.807) is 0 Å². The van der Waals surface area contributed by atoms with Gasteiger partial charge in [0, 0.05) is 6.42 Å². The van der Waals surface area contributed by atoms with Crippen LogP contribution in [0.5, 0.6) is 0 Å². The van der Waals surface area contributed by atoms with Crippen molar-refractivity contribution in [2.45, 2.75) is 18.9 Å². The van der Waals surface area contributed by atoms with Crippen LogP contribution in [0.3, 0.4) is 0 Å². The highest BCUT2D eigenvalue weighted by Crippen LogP contribution is 2.29. The van der Waals surface area contributed by atoms with Gasteiger partial charge in [-0.05, 0) is 28.7 Å². The standard InChI is InChI=1S/C15H14O/c16-15-10-12-6-2-1-5-11(12)9-13-7-3-4-8-14(13)15/h1-8,15-16H,9-10H2/t15-/m1/s1. The maximum absolute atomic E-state index is 10.2. The SMILES string of the molecule is O[C@@H]1Cc2ccccc2Cc2ccccc21. The molecule has 0 aromatic heterocycles. The van der Waals surface area contributed by atoms with E-state index < -0.39 is 0 Å². The summed E-state index contributed by atoms with van der Waals surface area (Å²) >= 11 is 0. The van der Waals surface area contributed by atoms with Crippen LogP contribution in [0.1, 0.15) is 28.4 Å². The Kier molecular flexibility index (Phi) is 2.26. The minimum atomic E-state index is -0.361. The molecule has 1 nitrogen and oxygen atoms in total. The normalized spacial score (nSPS) is 18.4. The summed E-state index contributed by atoms with van der Waals surface area (Å²) < 4.78 is 0. The molecule has 1 N–H and O–H groups in total. The third kappa shape index (κ3) is 1.54. The van der Waals surface area contributed by atoms with E-state index in [0.29, 0.717) is 0 Å². The molecule has 0 bridgehead atoms. The van der Waals surface area contributed by atoms with Gasteiger partial charge in [-0.15, -0.1) is 0 Å². The fourth-order valence-corrected chi connectivity index (χ4v) is 2.47. The van der Waals surface area contributed by atoms with E-state index in [9.17, 15) is 5.11 Å². The molecule has 0 saturated heterocycles. The van der Waals surface area contributed by atoms with Crippen molar-refractivity contribution in [2.24, 2.45) is 0 Å². The molecule has 2 aromatic carbocycles. The Morgan fingerprint density at radius 1 is 0.812 bits per heavy atom. The Morgan fingerprint density at radius 3 is 2.25 bits per heavy atom. The molecule has 0 fully saturated rings. The highest BCUT2D eigenvalue weighted by molar-refractivity contribution is 5.41. The van der Waals surface area contributed by atoms with E-state index in [-0.39, 0.29) is 6.10 Å². The number of hydrogen-bond acceptors (Lipinski definition) is 1. The first-order valence-electron chi connectivity index (χ1n) is 5.67. The number of benzene rings is 2. The van der Waals surface area contributed by atoms with E-state index in [1.807, 2.05) is 24.3 Å². The number of hydrogen-bond donors (Lipinski definition) is 1. The second kappa shape index (κ2) is 3.76. The molecule has 0 aliphatic heterocycles. The van der Waals surface area contributed by atoms with Crippen molar-refractivity contribution < 1.29 is 5.11 Å². The second-order valence-electron chi connectivity index (χ2n) is 4.36. The Labute approximate surface area is 95.4 Å². The van der Waals surface area contributed by atoms with E-state index >= 15 is 0 Å². The van der Waals surface area contributed by atoms with Gasteiger partial charge in [0.25, 0.3) is 0 Å². The van der Waals surface area contributed by atoms with Crippen molar-refractivity contribution in [3.8, 4) is 0 Å². The van der Waals surface area contributed by atoms with Crippen LogP contribution in [0.2, 0.25) is 0 Å². The van der Waals surface area contributed by atoms with Crippen molar-refractivity contribution in [1.82, 2.24) is 0 Å². The Bertz CT molecular complexity index is 516. The van der Waals surface area contributed by atoms with E-state index in [0.717, 1.165) is 18.4 Å². The quantitative estimate of drug-likeness (QED) is 0.709. The zero-order valence-electron chi connectivity index (χ0n) is 9.06. The monoisotopic (exact) mass is 210 g/mol. The van der Waals surface area contributed by atoms with Gasteiger partial charge in [0.2, 0.25) is 0 Å². The van der Waals surface area contributed by atoms with Gasteiger partial charge >= 0.3 is 0 Å². The third-order valence-electron chi connectivity index (χ3n) is 3.33. The van der Waals surface area contributed by atoms with Crippen LogP contribution in [0.25, 0.3) is 0 Å². The first kappa shape index (κ1) is 9.61. The van der Waals surface area contributed by atoms with Crippen LogP contribution in [-0.2, 0) is 12.8 Å². The predicted octanol–water partition coefficient (Wildman–Crippen LogP) is 2.87. The average Bonchev–Trinajstić information content (AvgIpc) is 2.45. The molecule has 1 aliphatic carbocycles. The molecular weight excluding hydrogens is 196 g/mol.